The number of carbonyl (C=O) groups is 1. The van der Waals surface area contributed by atoms with E-state index >= 15 is 0 Å². The van der Waals surface area contributed by atoms with E-state index in [0.29, 0.717) is 36.9 Å². The Hall–Kier alpha value is -3.36. The minimum Gasteiger partial charge on any atom is -0.477 e. The van der Waals surface area contributed by atoms with Gasteiger partial charge in [0.05, 0.1) is 11.1 Å². The Morgan fingerprint density at radius 2 is 1.83 bits per heavy atom. The van der Waals surface area contributed by atoms with Gasteiger partial charge in [-0.1, -0.05) is 6.92 Å². The Morgan fingerprint density at radius 1 is 1.13 bits per heavy atom. The molecule has 2 fully saturated rings. The number of hydrogen-bond donors (Lipinski definition) is 1. The highest BCUT2D eigenvalue weighted by atomic mass is 19.1. The number of fused-ring (bicyclic) bond motifs is 2. The third-order valence-electron chi connectivity index (χ3n) is 6.23. The Kier molecular flexibility index (Phi) is 3.93. The number of halogens is 3. The average molecular weight is 415 g/mol. The van der Waals surface area contributed by atoms with Crippen molar-refractivity contribution < 1.29 is 23.1 Å². The van der Waals surface area contributed by atoms with Crippen LogP contribution in [0, 0.1) is 35.2 Å². The molecule has 1 saturated heterocycles. The minimum atomic E-state index is -1.55. The van der Waals surface area contributed by atoms with Gasteiger partial charge in [0, 0.05) is 25.4 Å². The highest BCUT2D eigenvalue weighted by molar-refractivity contribution is 5.92. The van der Waals surface area contributed by atoms with Crippen LogP contribution in [0.1, 0.15) is 17.3 Å². The lowest BCUT2D eigenvalue weighted by atomic mass is 10.1. The van der Waals surface area contributed by atoms with Gasteiger partial charge in [0.25, 0.3) is 0 Å². The van der Waals surface area contributed by atoms with Crippen molar-refractivity contribution in [3.05, 3.63) is 63.7 Å². The van der Waals surface area contributed by atoms with Crippen molar-refractivity contribution in [2.75, 3.05) is 18.0 Å². The molecule has 1 aliphatic heterocycles. The largest absolute Gasteiger partial charge is 0.477 e. The van der Waals surface area contributed by atoms with E-state index in [9.17, 15) is 27.9 Å². The van der Waals surface area contributed by atoms with Crippen LogP contribution < -0.4 is 10.3 Å². The Morgan fingerprint density at radius 3 is 2.47 bits per heavy atom. The molecule has 154 valence electrons. The lowest BCUT2D eigenvalue weighted by Gasteiger charge is -2.22. The summed E-state index contributed by atoms with van der Waals surface area (Å²) < 4.78 is 43.8. The van der Waals surface area contributed by atoms with E-state index < -0.39 is 34.4 Å². The van der Waals surface area contributed by atoms with Gasteiger partial charge in [-0.25, -0.2) is 22.9 Å². The van der Waals surface area contributed by atoms with Gasteiger partial charge in [0.15, 0.2) is 17.3 Å². The monoisotopic (exact) mass is 415 g/mol. The van der Waals surface area contributed by atoms with Crippen molar-refractivity contribution in [1.82, 2.24) is 9.55 Å². The number of carboxylic acid groups (broad SMARTS) is 1. The quantitative estimate of drug-likeness (QED) is 0.711. The van der Waals surface area contributed by atoms with Crippen LogP contribution in [0.4, 0.5) is 19.0 Å². The predicted octanol–water partition coefficient (Wildman–Crippen LogP) is 3.20. The first-order valence-corrected chi connectivity index (χ1v) is 9.46. The summed E-state index contributed by atoms with van der Waals surface area (Å²) >= 11 is 0. The second kappa shape index (κ2) is 6.32. The maximum atomic E-state index is 14.9. The van der Waals surface area contributed by atoms with Gasteiger partial charge in [-0.15, -0.1) is 0 Å². The van der Waals surface area contributed by atoms with Crippen molar-refractivity contribution >= 4 is 22.8 Å². The summed E-state index contributed by atoms with van der Waals surface area (Å²) in [5.74, 6) is -2.54. The van der Waals surface area contributed by atoms with E-state index in [1.807, 2.05) is 0 Å². The second-order valence-electron chi connectivity index (χ2n) is 7.90. The number of hydrogen-bond acceptors (Lipinski definition) is 4. The summed E-state index contributed by atoms with van der Waals surface area (Å²) in [6, 6.07) is 3.69. The summed E-state index contributed by atoms with van der Waals surface area (Å²) in [5.41, 5.74) is -1.89. The molecule has 6 nitrogen and oxygen atoms in total. The van der Waals surface area contributed by atoms with Crippen molar-refractivity contribution in [3.8, 4) is 5.69 Å². The van der Waals surface area contributed by atoms with Gasteiger partial charge < -0.3 is 10.0 Å². The van der Waals surface area contributed by atoms with E-state index in [2.05, 4.69) is 11.9 Å². The summed E-state index contributed by atoms with van der Waals surface area (Å²) in [5, 5.41) is 9.08. The number of nitrogens with zero attached hydrogens (tertiary/aromatic N) is 3. The molecule has 0 radical (unpaired) electrons. The standard InChI is InChI=1S/C21H16F3N3O3/c1-9-12-6-26(7-13(9)12)20-16(24)5-11-18(28)14(21(29)30)8-27(19(11)25-20)17-3-2-10(22)4-15(17)23/h2-5,8-9,12-13H,6-7H2,1H3,(H,29,30)/t9?,12-,13+. The van der Waals surface area contributed by atoms with Crippen molar-refractivity contribution in [1.29, 1.82) is 0 Å². The van der Waals surface area contributed by atoms with Crippen LogP contribution >= 0.6 is 0 Å². The van der Waals surface area contributed by atoms with Crippen molar-refractivity contribution in [3.63, 3.8) is 0 Å². The van der Waals surface area contributed by atoms with Crippen molar-refractivity contribution in [2.45, 2.75) is 6.92 Å². The van der Waals surface area contributed by atoms with Gasteiger partial charge in [-0.2, -0.15) is 0 Å². The fourth-order valence-corrected chi connectivity index (χ4v) is 4.45. The summed E-state index contributed by atoms with van der Waals surface area (Å²) in [6.07, 6.45) is 0.932. The molecule has 1 aliphatic carbocycles. The van der Waals surface area contributed by atoms with Crippen LogP contribution in [-0.2, 0) is 0 Å². The predicted molar refractivity (Wildman–Crippen MR) is 103 cm³/mol. The van der Waals surface area contributed by atoms with Crippen LogP contribution in [-0.4, -0.2) is 33.7 Å². The number of benzene rings is 1. The molecule has 0 amide bonds. The van der Waals surface area contributed by atoms with E-state index in [1.54, 1.807) is 4.90 Å². The minimum absolute atomic E-state index is 0.0284. The van der Waals surface area contributed by atoms with Crippen LogP contribution in [0.2, 0.25) is 0 Å². The molecule has 3 aromatic rings. The number of piperidine rings is 1. The molecule has 5 rings (SSSR count). The molecule has 3 atom stereocenters. The number of anilines is 1. The molecule has 1 aromatic carbocycles. The van der Waals surface area contributed by atoms with E-state index in [0.717, 1.165) is 29.0 Å². The molecule has 9 heteroatoms. The number of rotatable bonds is 3. The zero-order chi connectivity index (χ0) is 21.3. The molecule has 1 N–H and O–H groups in total. The first-order chi connectivity index (χ1) is 14.3. The molecular weight excluding hydrogens is 399 g/mol. The SMILES string of the molecule is CC1[C@H]2CN(c3nc4c(cc3F)c(=O)c(C(=O)O)cn4-c3ccc(F)cc3F)C[C@@H]12. The third kappa shape index (κ3) is 2.68. The fraction of sp³-hybridized carbons (Fsp3) is 0.286. The first-order valence-electron chi connectivity index (χ1n) is 9.46. The van der Waals surface area contributed by atoms with E-state index in [1.165, 1.54) is 0 Å². The fourth-order valence-electron chi connectivity index (χ4n) is 4.45. The van der Waals surface area contributed by atoms with Crippen LogP contribution in [0.25, 0.3) is 16.7 Å². The van der Waals surface area contributed by atoms with Crippen molar-refractivity contribution in [2.24, 2.45) is 17.8 Å². The molecule has 0 spiro atoms. The number of aromatic carboxylic acids is 1. The molecular formula is C21H16F3N3O3. The third-order valence-corrected chi connectivity index (χ3v) is 6.23. The topological polar surface area (TPSA) is 75.4 Å². The Balaban J connectivity index is 1.76. The van der Waals surface area contributed by atoms with E-state index in [-0.39, 0.29) is 22.5 Å². The first kappa shape index (κ1) is 18.7. The molecule has 1 saturated carbocycles. The zero-order valence-electron chi connectivity index (χ0n) is 15.8. The molecule has 0 bridgehead atoms. The van der Waals surface area contributed by atoms with Gasteiger partial charge >= 0.3 is 5.97 Å². The van der Waals surface area contributed by atoms with Crippen LogP contribution in [0.5, 0.6) is 0 Å². The molecule has 2 aliphatic rings. The maximum Gasteiger partial charge on any atom is 0.341 e. The highest BCUT2D eigenvalue weighted by Gasteiger charge is 2.53. The molecule has 2 aromatic heterocycles. The average Bonchev–Trinajstić information content (AvgIpc) is 3.10. The van der Waals surface area contributed by atoms with E-state index in [4.69, 9.17) is 0 Å². The number of carboxylic acids is 1. The smallest absolute Gasteiger partial charge is 0.341 e. The number of aromatic nitrogens is 2. The molecule has 3 heterocycles. The Bertz CT molecular complexity index is 1280. The van der Waals surface area contributed by atoms with Gasteiger partial charge in [-0.3, -0.25) is 9.36 Å². The summed E-state index contributed by atoms with van der Waals surface area (Å²) in [6.45, 7) is 3.40. The number of pyridine rings is 2. The zero-order valence-corrected chi connectivity index (χ0v) is 15.8. The Labute approximate surface area is 168 Å². The van der Waals surface area contributed by atoms with Crippen LogP contribution in [0.15, 0.2) is 35.3 Å². The van der Waals surface area contributed by atoms with Gasteiger partial charge in [0.2, 0.25) is 5.43 Å². The molecule has 30 heavy (non-hydrogen) atoms. The summed E-state index contributed by atoms with van der Waals surface area (Å²) in [4.78, 5) is 30.2. The summed E-state index contributed by atoms with van der Waals surface area (Å²) in [7, 11) is 0. The normalized spacial score (nSPS) is 22.4. The maximum absolute atomic E-state index is 14.9. The van der Waals surface area contributed by atoms with Gasteiger partial charge in [-0.05, 0) is 36.0 Å². The van der Waals surface area contributed by atoms with Crippen LogP contribution in [0.3, 0.4) is 0 Å². The lowest BCUT2D eigenvalue weighted by Crippen LogP contribution is -2.27. The highest BCUT2D eigenvalue weighted by Crippen LogP contribution is 2.52. The van der Waals surface area contributed by atoms with Gasteiger partial charge in [0.1, 0.15) is 17.2 Å². The molecule has 1 unspecified atom stereocenters. The lowest BCUT2D eigenvalue weighted by molar-refractivity contribution is 0.0695. The second-order valence-corrected chi connectivity index (χ2v) is 7.90.